The molecule has 1 aromatic rings. The molecule has 0 saturated heterocycles. The molecule has 0 spiro atoms. The first-order valence-electron chi connectivity index (χ1n) is 10.1. The van der Waals surface area contributed by atoms with Crippen LogP contribution in [0.15, 0.2) is 6.07 Å². The molecule has 3 N–H and O–H groups in total. The van der Waals surface area contributed by atoms with E-state index in [1.54, 1.807) is 0 Å². The summed E-state index contributed by atoms with van der Waals surface area (Å²) in [6.45, 7) is 3.04. The molecule has 0 fully saturated rings. The molecule has 1 aliphatic heterocycles. The maximum Gasteiger partial charge on any atom is 0.405 e. The SMILES string of the molecule is COC(=O)[C@@H]1CSCc2c(OC(C)=O)cc(OC(C)=O)c(C)c2C(=O)OC[C@H](NC(=O)O)C(=O)N1. The fourth-order valence-electron chi connectivity index (χ4n) is 3.14. The second-order valence-electron chi connectivity index (χ2n) is 7.24. The first-order chi connectivity index (χ1) is 16.4. The van der Waals surface area contributed by atoms with Crippen molar-refractivity contribution < 1.29 is 52.8 Å². The number of carbonyl (C=O) groups excluding carboxylic acids is 5. The zero-order valence-electron chi connectivity index (χ0n) is 19.3. The van der Waals surface area contributed by atoms with E-state index in [4.69, 9.17) is 24.1 Å². The Hall–Kier alpha value is -3.81. The summed E-state index contributed by atoms with van der Waals surface area (Å²) in [5.41, 5.74) is 0.296. The molecule has 2 atom stereocenters. The highest BCUT2D eigenvalue weighted by Gasteiger charge is 2.32. The number of carboxylic acid groups (broad SMARTS) is 1. The van der Waals surface area contributed by atoms with Crippen LogP contribution in [-0.2, 0) is 34.4 Å². The van der Waals surface area contributed by atoms with E-state index in [1.807, 2.05) is 5.32 Å². The predicted octanol–water partition coefficient (Wildman–Crippen LogP) is 0.543. The quantitative estimate of drug-likeness (QED) is 0.376. The van der Waals surface area contributed by atoms with E-state index in [9.17, 15) is 28.8 Å². The number of hydrogen-bond donors (Lipinski definition) is 3. The van der Waals surface area contributed by atoms with Crippen molar-refractivity contribution in [3.8, 4) is 11.5 Å². The molecule has 0 bridgehead atoms. The van der Waals surface area contributed by atoms with Crippen LogP contribution in [0.5, 0.6) is 11.5 Å². The first-order valence-corrected chi connectivity index (χ1v) is 11.3. The molecule has 35 heavy (non-hydrogen) atoms. The summed E-state index contributed by atoms with van der Waals surface area (Å²) in [6.07, 6.45) is -1.57. The number of ether oxygens (including phenoxy) is 4. The lowest BCUT2D eigenvalue weighted by Crippen LogP contribution is -2.54. The number of nitrogens with one attached hydrogen (secondary N) is 2. The Kier molecular flexibility index (Phi) is 9.45. The van der Waals surface area contributed by atoms with Crippen LogP contribution in [-0.4, -0.2) is 72.5 Å². The van der Waals surface area contributed by atoms with Crippen molar-refractivity contribution in [3.63, 3.8) is 0 Å². The zero-order chi connectivity index (χ0) is 26.3. The monoisotopic (exact) mass is 512 g/mol. The van der Waals surface area contributed by atoms with Crippen LogP contribution in [0.1, 0.15) is 35.3 Å². The van der Waals surface area contributed by atoms with E-state index in [2.05, 4.69) is 5.32 Å². The molecular weight excluding hydrogens is 488 g/mol. The Morgan fingerprint density at radius 3 is 2.34 bits per heavy atom. The molecule has 190 valence electrons. The molecule has 0 radical (unpaired) electrons. The number of carbonyl (C=O) groups is 6. The molecule has 2 rings (SSSR count). The molecule has 2 amide bonds. The van der Waals surface area contributed by atoms with Crippen molar-refractivity contribution in [3.05, 3.63) is 22.8 Å². The van der Waals surface area contributed by atoms with E-state index in [1.165, 1.54) is 13.0 Å². The summed E-state index contributed by atoms with van der Waals surface area (Å²) < 4.78 is 20.3. The Morgan fingerprint density at radius 1 is 1.14 bits per heavy atom. The number of cyclic esters (lactones) is 1. The van der Waals surface area contributed by atoms with Gasteiger partial charge in [-0.3, -0.25) is 14.4 Å². The van der Waals surface area contributed by atoms with Gasteiger partial charge >= 0.3 is 30.0 Å². The largest absolute Gasteiger partial charge is 0.467 e. The topological polar surface area (TPSA) is 184 Å². The Bertz CT molecular complexity index is 1060. The van der Waals surface area contributed by atoms with Crippen molar-refractivity contribution >= 4 is 47.6 Å². The smallest absolute Gasteiger partial charge is 0.405 e. The molecule has 0 saturated carbocycles. The van der Waals surface area contributed by atoms with Crippen molar-refractivity contribution in [1.82, 2.24) is 10.6 Å². The van der Waals surface area contributed by atoms with Crippen LogP contribution >= 0.6 is 11.8 Å². The van der Waals surface area contributed by atoms with Gasteiger partial charge in [-0.05, 0) is 6.92 Å². The number of hydrogen-bond acceptors (Lipinski definition) is 11. The van der Waals surface area contributed by atoms with Gasteiger partial charge in [0.05, 0.1) is 12.7 Å². The third-order valence-corrected chi connectivity index (χ3v) is 5.71. The summed E-state index contributed by atoms with van der Waals surface area (Å²) >= 11 is 1.09. The Morgan fingerprint density at radius 2 is 1.77 bits per heavy atom. The van der Waals surface area contributed by atoms with Gasteiger partial charge in [-0.15, -0.1) is 0 Å². The van der Waals surface area contributed by atoms with E-state index < -0.39 is 54.6 Å². The minimum atomic E-state index is -1.57. The van der Waals surface area contributed by atoms with Crippen LogP contribution < -0.4 is 20.1 Å². The second-order valence-corrected chi connectivity index (χ2v) is 8.27. The lowest BCUT2D eigenvalue weighted by Gasteiger charge is -2.24. The van der Waals surface area contributed by atoms with Crippen molar-refractivity contribution in [2.24, 2.45) is 0 Å². The second kappa shape index (κ2) is 12.1. The number of benzene rings is 1. The maximum atomic E-state index is 13.1. The zero-order valence-corrected chi connectivity index (χ0v) is 20.1. The highest BCUT2D eigenvalue weighted by atomic mass is 32.2. The normalized spacial score (nSPS) is 18.4. The standard InChI is InChI=1S/C21H24N2O11S/c1-9-15(33-10(2)24)5-16(34-11(3)25)12-7-35-8-14(19(27)31-4)22-18(26)13(23-21(29)30)6-32-20(28)17(9)12/h5,13-14,23H,6-8H2,1-4H3,(H,22,26)(H,29,30)/t13-,14-/m0/s1. The van der Waals surface area contributed by atoms with Crippen molar-refractivity contribution in [2.45, 2.75) is 38.6 Å². The van der Waals surface area contributed by atoms with E-state index >= 15 is 0 Å². The Labute approximate surface area is 203 Å². The van der Waals surface area contributed by atoms with Gasteiger partial charge in [-0.25, -0.2) is 14.4 Å². The predicted molar refractivity (Wildman–Crippen MR) is 119 cm³/mol. The average molecular weight is 512 g/mol. The van der Waals surface area contributed by atoms with Gasteiger partial charge in [0.2, 0.25) is 5.91 Å². The highest BCUT2D eigenvalue weighted by molar-refractivity contribution is 7.98. The van der Waals surface area contributed by atoms with E-state index in [0.29, 0.717) is 0 Å². The Balaban J connectivity index is 2.63. The fourth-order valence-corrected chi connectivity index (χ4v) is 4.20. The minimum absolute atomic E-state index is 0.0222. The number of rotatable bonds is 4. The first kappa shape index (κ1) is 27.4. The number of thioether (sulfide) groups is 1. The highest BCUT2D eigenvalue weighted by Crippen LogP contribution is 2.37. The molecule has 1 aromatic carbocycles. The van der Waals surface area contributed by atoms with Gasteiger partial charge in [0, 0.05) is 42.5 Å². The van der Waals surface area contributed by atoms with E-state index in [-0.39, 0.29) is 39.7 Å². The molecule has 1 aliphatic rings. The van der Waals surface area contributed by atoms with Gasteiger partial charge < -0.3 is 34.7 Å². The van der Waals surface area contributed by atoms with Crippen LogP contribution in [0.25, 0.3) is 0 Å². The molecule has 1 heterocycles. The fraction of sp³-hybridized carbons (Fsp3) is 0.429. The summed E-state index contributed by atoms with van der Waals surface area (Å²) in [5.74, 6) is -4.22. The van der Waals surface area contributed by atoms with Crippen LogP contribution in [0.2, 0.25) is 0 Å². The lowest BCUT2D eigenvalue weighted by molar-refractivity contribution is -0.144. The summed E-state index contributed by atoms with van der Waals surface area (Å²) in [4.78, 5) is 72.3. The van der Waals surface area contributed by atoms with Crippen LogP contribution in [0, 0.1) is 6.92 Å². The van der Waals surface area contributed by atoms with Gasteiger partial charge in [-0.1, -0.05) is 0 Å². The molecule has 0 aromatic heterocycles. The van der Waals surface area contributed by atoms with Crippen LogP contribution in [0.4, 0.5) is 4.79 Å². The van der Waals surface area contributed by atoms with Crippen molar-refractivity contribution in [1.29, 1.82) is 0 Å². The molecule has 14 heteroatoms. The number of esters is 4. The molecule has 13 nitrogen and oxygen atoms in total. The summed E-state index contributed by atoms with van der Waals surface area (Å²) in [5, 5.41) is 13.4. The average Bonchev–Trinajstić information content (AvgIpc) is 2.76. The van der Waals surface area contributed by atoms with Crippen LogP contribution in [0.3, 0.4) is 0 Å². The number of methoxy groups -OCH3 is 1. The lowest BCUT2D eigenvalue weighted by atomic mass is 10.0. The van der Waals surface area contributed by atoms with Gasteiger partial charge in [0.25, 0.3) is 0 Å². The third kappa shape index (κ3) is 7.34. The molecule has 0 unspecified atom stereocenters. The third-order valence-electron chi connectivity index (χ3n) is 4.65. The van der Waals surface area contributed by atoms with Gasteiger partial charge in [0.1, 0.15) is 30.2 Å². The van der Waals surface area contributed by atoms with Crippen molar-refractivity contribution in [2.75, 3.05) is 19.5 Å². The number of amides is 2. The molecule has 0 aliphatic carbocycles. The van der Waals surface area contributed by atoms with Gasteiger partial charge in [-0.2, -0.15) is 11.8 Å². The summed E-state index contributed by atoms with van der Waals surface area (Å²) in [7, 11) is 1.12. The van der Waals surface area contributed by atoms with E-state index in [0.717, 1.165) is 32.7 Å². The summed E-state index contributed by atoms with van der Waals surface area (Å²) in [6, 6.07) is -1.43. The molecular formula is C21H24N2O11S. The minimum Gasteiger partial charge on any atom is -0.467 e. The maximum absolute atomic E-state index is 13.1. The number of fused-ring (bicyclic) bond motifs is 1. The van der Waals surface area contributed by atoms with Gasteiger partial charge in [0.15, 0.2) is 0 Å².